The van der Waals surface area contributed by atoms with Crippen molar-refractivity contribution in [2.24, 2.45) is 5.92 Å². The van der Waals surface area contributed by atoms with Gasteiger partial charge in [-0.2, -0.15) is 0 Å². The summed E-state index contributed by atoms with van der Waals surface area (Å²) in [7, 11) is 0. The Hall–Kier alpha value is -2.88. The van der Waals surface area contributed by atoms with Crippen LogP contribution >= 0.6 is 0 Å². The van der Waals surface area contributed by atoms with Gasteiger partial charge in [-0.05, 0) is 60.8 Å². The number of fused-ring (bicyclic) bond motifs is 1. The van der Waals surface area contributed by atoms with Gasteiger partial charge in [0.05, 0.1) is 11.4 Å². The molecule has 2 atom stereocenters. The topological polar surface area (TPSA) is 58.2 Å². The second kappa shape index (κ2) is 8.42. The van der Waals surface area contributed by atoms with Crippen molar-refractivity contribution in [2.75, 3.05) is 10.6 Å². The molecule has 0 heterocycles. The van der Waals surface area contributed by atoms with Gasteiger partial charge < -0.3 is 10.6 Å². The fourth-order valence-electron chi connectivity index (χ4n) is 4.29. The number of aryl methyl sites for hydroxylation is 1. The Balaban J connectivity index is 1.37. The number of carbonyl (C=O) groups is 2. The van der Waals surface area contributed by atoms with Crippen molar-refractivity contribution >= 4 is 23.2 Å². The molecule has 2 aromatic rings. The van der Waals surface area contributed by atoms with Crippen LogP contribution in [0.2, 0.25) is 0 Å². The summed E-state index contributed by atoms with van der Waals surface area (Å²) in [6.45, 7) is 0. The van der Waals surface area contributed by atoms with Crippen molar-refractivity contribution < 1.29 is 9.59 Å². The largest absolute Gasteiger partial charge is 0.324 e. The van der Waals surface area contributed by atoms with Crippen LogP contribution in [0.25, 0.3) is 0 Å². The van der Waals surface area contributed by atoms with Gasteiger partial charge in [-0.25, -0.2) is 0 Å². The summed E-state index contributed by atoms with van der Waals surface area (Å²) in [4.78, 5) is 25.0. The maximum absolute atomic E-state index is 12.7. The highest BCUT2D eigenvalue weighted by Crippen LogP contribution is 2.35. The molecule has 28 heavy (non-hydrogen) atoms. The highest BCUT2D eigenvalue weighted by atomic mass is 16.2. The lowest BCUT2D eigenvalue weighted by Crippen LogP contribution is -2.19. The van der Waals surface area contributed by atoms with Crippen LogP contribution < -0.4 is 10.6 Å². The van der Waals surface area contributed by atoms with Crippen LogP contribution in [0.3, 0.4) is 0 Å². The van der Waals surface area contributed by atoms with E-state index < -0.39 is 0 Å². The summed E-state index contributed by atoms with van der Waals surface area (Å²) in [6.07, 6.45) is 9.34. The van der Waals surface area contributed by atoms with Crippen LogP contribution in [0.5, 0.6) is 0 Å². The number of benzene rings is 2. The fourth-order valence-corrected chi connectivity index (χ4v) is 4.29. The van der Waals surface area contributed by atoms with E-state index in [1.165, 1.54) is 11.1 Å². The molecule has 4 heteroatoms. The van der Waals surface area contributed by atoms with Crippen LogP contribution in [0.15, 0.2) is 60.7 Å². The Labute approximate surface area is 166 Å². The summed E-state index contributed by atoms with van der Waals surface area (Å²) in [5.41, 5.74) is 3.97. The van der Waals surface area contributed by atoms with Gasteiger partial charge in [-0.3, -0.25) is 9.59 Å². The van der Waals surface area contributed by atoms with E-state index in [2.05, 4.69) is 41.0 Å². The molecule has 2 amide bonds. The first-order valence-corrected chi connectivity index (χ1v) is 10.1. The minimum atomic E-state index is -0.0119. The van der Waals surface area contributed by atoms with Gasteiger partial charge in [0.2, 0.25) is 11.8 Å². The molecule has 2 aliphatic carbocycles. The summed E-state index contributed by atoms with van der Waals surface area (Å²) in [5, 5.41) is 5.96. The molecule has 2 aromatic carbocycles. The van der Waals surface area contributed by atoms with E-state index in [1.807, 2.05) is 30.3 Å². The third-order valence-electron chi connectivity index (χ3n) is 5.72. The third kappa shape index (κ3) is 4.33. The Morgan fingerprint density at radius 1 is 0.857 bits per heavy atom. The predicted molar refractivity (Wildman–Crippen MR) is 112 cm³/mol. The van der Waals surface area contributed by atoms with Crippen molar-refractivity contribution in [2.45, 2.75) is 44.4 Å². The minimum absolute atomic E-state index is 0.0111. The SMILES string of the molecule is O=C(CC1C=CCC1)Nc1ccccc1NC(=O)CC1CCc2ccccc21. The van der Waals surface area contributed by atoms with E-state index in [0.717, 1.165) is 25.7 Å². The Kier molecular flexibility index (Phi) is 5.56. The van der Waals surface area contributed by atoms with Crippen molar-refractivity contribution in [1.82, 2.24) is 0 Å². The monoisotopic (exact) mass is 374 g/mol. The van der Waals surface area contributed by atoms with Crippen LogP contribution in [-0.2, 0) is 16.0 Å². The quantitative estimate of drug-likeness (QED) is 0.696. The Morgan fingerprint density at radius 3 is 2.25 bits per heavy atom. The van der Waals surface area contributed by atoms with Crippen molar-refractivity contribution in [3.8, 4) is 0 Å². The number of amides is 2. The second-order valence-corrected chi connectivity index (χ2v) is 7.75. The molecule has 0 saturated carbocycles. The first kappa shape index (κ1) is 18.5. The van der Waals surface area contributed by atoms with Gasteiger partial charge in [-0.15, -0.1) is 0 Å². The number of nitrogens with one attached hydrogen (secondary N) is 2. The van der Waals surface area contributed by atoms with E-state index >= 15 is 0 Å². The van der Waals surface area contributed by atoms with E-state index in [9.17, 15) is 9.59 Å². The zero-order chi connectivity index (χ0) is 19.3. The fraction of sp³-hybridized carbons (Fsp3) is 0.333. The average molecular weight is 374 g/mol. The van der Waals surface area contributed by atoms with E-state index in [4.69, 9.17) is 0 Å². The molecule has 0 aromatic heterocycles. The van der Waals surface area contributed by atoms with Gasteiger partial charge in [0.1, 0.15) is 0 Å². The number of carbonyl (C=O) groups excluding carboxylic acids is 2. The lowest BCUT2D eigenvalue weighted by atomic mass is 9.97. The molecule has 0 aliphatic heterocycles. The number of allylic oxidation sites excluding steroid dienone is 2. The summed E-state index contributed by atoms with van der Waals surface area (Å²) >= 11 is 0. The molecule has 0 spiro atoms. The lowest BCUT2D eigenvalue weighted by Gasteiger charge is -2.15. The highest BCUT2D eigenvalue weighted by molar-refractivity contribution is 5.99. The van der Waals surface area contributed by atoms with Gasteiger partial charge in [0, 0.05) is 12.8 Å². The van der Waals surface area contributed by atoms with Crippen molar-refractivity contribution in [3.05, 3.63) is 71.8 Å². The molecule has 2 unspecified atom stereocenters. The van der Waals surface area contributed by atoms with E-state index in [0.29, 0.717) is 30.1 Å². The van der Waals surface area contributed by atoms with Gasteiger partial charge in [0.25, 0.3) is 0 Å². The number of hydrogen-bond acceptors (Lipinski definition) is 2. The van der Waals surface area contributed by atoms with Gasteiger partial charge in [0.15, 0.2) is 0 Å². The van der Waals surface area contributed by atoms with Crippen molar-refractivity contribution in [3.63, 3.8) is 0 Å². The summed E-state index contributed by atoms with van der Waals surface area (Å²) in [5.74, 6) is 0.571. The van der Waals surface area contributed by atoms with Crippen LogP contribution in [0.1, 0.15) is 49.1 Å². The molecule has 4 nitrogen and oxygen atoms in total. The van der Waals surface area contributed by atoms with Crippen LogP contribution in [0, 0.1) is 5.92 Å². The number of para-hydroxylation sites is 2. The standard InChI is InChI=1S/C24H26N2O2/c27-23(15-17-7-1-2-8-17)25-21-11-5-6-12-22(21)26-24(28)16-19-14-13-18-9-3-4-10-20(18)19/h1,3-7,9-12,17,19H,2,8,13-16H2,(H,25,27)(H,26,28). The molecular formula is C24H26N2O2. The number of anilines is 2. The Bertz CT molecular complexity index is 903. The molecule has 4 rings (SSSR count). The molecule has 144 valence electrons. The maximum Gasteiger partial charge on any atom is 0.225 e. The summed E-state index contributed by atoms with van der Waals surface area (Å²) in [6, 6.07) is 15.8. The normalized spacial score (nSPS) is 20.0. The van der Waals surface area contributed by atoms with Crippen molar-refractivity contribution in [1.29, 1.82) is 0 Å². The summed E-state index contributed by atoms with van der Waals surface area (Å²) < 4.78 is 0. The number of rotatable bonds is 6. The molecule has 0 bridgehead atoms. The van der Waals surface area contributed by atoms with E-state index in [1.54, 1.807) is 0 Å². The third-order valence-corrected chi connectivity index (χ3v) is 5.72. The highest BCUT2D eigenvalue weighted by Gasteiger charge is 2.24. The zero-order valence-corrected chi connectivity index (χ0v) is 16.0. The van der Waals surface area contributed by atoms with Gasteiger partial charge >= 0.3 is 0 Å². The lowest BCUT2D eigenvalue weighted by molar-refractivity contribution is -0.117. The minimum Gasteiger partial charge on any atom is -0.324 e. The first-order chi connectivity index (χ1) is 13.7. The maximum atomic E-state index is 12.7. The molecular weight excluding hydrogens is 348 g/mol. The molecule has 2 aliphatic rings. The Morgan fingerprint density at radius 2 is 1.54 bits per heavy atom. The predicted octanol–water partition coefficient (Wildman–Crippen LogP) is 5.04. The average Bonchev–Trinajstić information content (AvgIpc) is 3.34. The van der Waals surface area contributed by atoms with Crippen LogP contribution in [0.4, 0.5) is 11.4 Å². The molecule has 0 radical (unpaired) electrons. The molecule has 2 N–H and O–H groups in total. The van der Waals surface area contributed by atoms with Gasteiger partial charge in [-0.1, -0.05) is 48.6 Å². The zero-order valence-electron chi connectivity index (χ0n) is 16.0. The second-order valence-electron chi connectivity index (χ2n) is 7.75. The first-order valence-electron chi connectivity index (χ1n) is 10.1. The molecule has 0 fully saturated rings. The smallest absolute Gasteiger partial charge is 0.225 e. The number of hydrogen-bond donors (Lipinski definition) is 2. The van der Waals surface area contributed by atoms with Crippen LogP contribution in [-0.4, -0.2) is 11.8 Å². The molecule has 0 saturated heterocycles. The van der Waals surface area contributed by atoms with E-state index in [-0.39, 0.29) is 17.7 Å².